The Labute approximate surface area is 354 Å². The van der Waals surface area contributed by atoms with Gasteiger partial charge in [0.1, 0.15) is 13.2 Å². The second-order valence-corrected chi connectivity index (χ2v) is 19.6. The predicted octanol–water partition coefficient (Wildman–Crippen LogP) is 13.3. The van der Waals surface area contributed by atoms with Crippen LogP contribution in [0.1, 0.15) is 239 Å². The Morgan fingerprint density at radius 1 is 0.596 bits per heavy atom. The van der Waals surface area contributed by atoms with Crippen molar-refractivity contribution in [2.45, 2.75) is 251 Å². The van der Waals surface area contributed by atoms with Crippen LogP contribution in [0.5, 0.6) is 0 Å². The zero-order valence-electron chi connectivity index (χ0n) is 38.6. The number of carbonyl (C=O) groups is 1. The summed E-state index contributed by atoms with van der Waals surface area (Å²) in [4.78, 5) is 25.1. The Morgan fingerprint density at radius 3 is 1.32 bits per heavy atom. The maximum atomic E-state index is 12.7. The van der Waals surface area contributed by atoms with E-state index in [4.69, 9.17) is 9.05 Å². The molecule has 0 heterocycles. The molecule has 0 aliphatic heterocycles. The Balaban J connectivity index is 4.02. The van der Waals surface area contributed by atoms with Gasteiger partial charge in [0, 0.05) is 6.42 Å². The van der Waals surface area contributed by atoms with Crippen LogP contribution in [0, 0.1) is 0 Å². The average molecular weight is 829 g/mol. The zero-order valence-corrected chi connectivity index (χ0v) is 39.5. The quantitative estimate of drug-likeness (QED) is 0.0274. The molecule has 0 aromatic rings. The Bertz CT molecular complexity index is 942. The van der Waals surface area contributed by atoms with Crippen molar-refractivity contribution in [2.75, 3.05) is 40.9 Å². The summed E-state index contributed by atoms with van der Waals surface area (Å²) in [5.41, 5.74) is 0. The van der Waals surface area contributed by atoms with Crippen molar-refractivity contribution in [3.63, 3.8) is 0 Å². The van der Waals surface area contributed by atoms with Gasteiger partial charge in [0.25, 0.3) is 7.82 Å². The molecule has 1 amide bonds. The molecule has 8 nitrogen and oxygen atoms in total. The van der Waals surface area contributed by atoms with E-state index in [0.717, 1.165) is 38.5 Å². The Hall–Kier alpha value is -0.760. The van der Waals surface area contributed by atoms with Gasteiger partial charge in [-0.15, -0.1) is 0 Å². The van der Waals surface area contributed by atoms with Gasteiger partial charge in [-0.1, -0.05) is 225 Å². The summed E-state index contributed by atoms with van der Waals surface area (Å²) >= 11 is 0. The van der Waals surface area contributed by atoms with Gasteiger partial charge in [-0.25, -0.2) is 0 Å². The van der Waals surface area contributed by atoms with Gasteiger partial charge in [-0.05, 0) is 19.3 Å². The molecule has 0 aromatic carbocycles. The lowest BCUT2D eigenvalue weighted by Gasteiger charge is -2.29. The molecule has 0 fully saturated rings. The lowest BCUT2D eigenvalue weighted by atomic mass is 10.0. The van der Waals surface area contributed by atoms with Crippen LogP contribution in [0.4, 0.5) is 0 Å². The minimum atomic E-state index is -4.58. The third kappa shape index (κ3) is 43.1. The van der Waals surface area contributed by atoms with Crippen molar-refractivity contribution in [1.29, 1.82) is 0 Å². The molecule has 0 aromatic heterocycles. The second kappa shape index (κ2) is 40.6. The highest BCUT2D eigenvalue weighted by atomic mass is 31.2. The molecule has 340 valence electrons. The number of nitrogens with zero attached hydrogens (tertiary/aromatic N) is 1. The van der Waals surface area contributed by atoms with Gasteiger partial charge >= 0.3 is 0 Å². The van der Waals surface area contributed by atoms with Crippen LogP contribution in [0.15, 0.2) is 12.2 Å². The van der Waals surface area contributed by atoms with Gasteiger partial charge in [-0.2, -0.15) is 0 Å². The summed E-state index contributed by atoms with van der Waals surface area (Å²) in [7, 11) is 1.27. The smallest absolute Gasteiger partial charge is 0.268 e. The van der Waals surface area contributed by atoms with Crippen molar-refractivity contribution >= 4 is 13.7 Å². The number of hydrogen-bond acceptors (Lipinski definition) is 6. The van der Waals surface area contributed by atoms with Gasteiger partial charge < -0.3 is 28.8 Å². The molecule has 0 saturated heterocycles. The first-order chi connectivity index (χ1) is 27.5. The molecule has 0 radical (unpaired) electrons. The largest absolute Gasteiger partial charge is 0.756 e. The number of carbonyl (C=O) groups excluding carboxylic acids is 1. The van der Waals surface area contributed by atoms with E-state index in [2.05, 4.69) is 19.2 Å². The van der Waals surface area contributed by atoms with Crippen molar-refractivity contribution in [2.24, 2.45) is 0 Å². The molecule has 0 spiro atoms. The highest BCUT2D eigenvalue weighted by Gasteiger charge is 2.23. The summed E-state index contributed by atoms with van der Waals surface area (Å²) in [6.07, 6.45) is 47.4. The normalized spacial score (nSPS) is 14.3. The monoisotopic (exact) mass is 829 g/mol. The maximum absolute atomic E-state index is 12.7. The summed E-state index contributed by atoms with van der Waals surface area (Å²) in [5.74, 6) is -0.202. The number of phosphoric ester groups is 1. The second-order valence-electron chi connectivity index (χ2n) is 18.2. The minimum Gasteiger partial charge on any atom is -0.756 e. The molecule has 0 bridgehead atoms. The number of rotatable bonds is 45. The number of aliphatic hydroxyl groups is 1. The van der Waals surface area contributed by atoms with Gasteiger partial charge in [-0.3, -0.25) is 9.36 Å². The van der Waals surface area contributed by atoms with E-state index in [1.165, 1.54) is 180 Å². The highest BCUT2D eigenvalue weighted by Crippen LogP contribution is 2.38. The number of amides is 1. The molecule has 3 atom stereocenters. The molecular weight excluding hydrogens is 732 g/mol. The van der Waals surface area contributed by atoms with Crippen LogP contribution in [-0.2, 0) is 18.4 Å². The SMILES string of the molecule is CCCCCCCCCCCCCCCCCCCCCCCCCCCC/C=C/C(O)C(COP(=O)([O-])OCC[N+](C)(C)C)NC(=O)CCCCCCCCC. The summed E-state index contributed by atoms with van der Waals surface area (Å²) < 4.78 is 23.1. The fraction of sp³-hybridized carbons (Fsp3) is 0.938. The van der Waals surface area contributed by atoms with Crippen LogP contribution in [0.2, 0.25) is 0 Å². The molecule has 2 N–H and O–H groups in total. The first-order valence-corrected chi connectivity index (χ1v) is 26.0. The molecule has 0 aliphatic rings. The number of phosphoric acid groups is 1. The number of hydrogen-bond donors (Lipinski definition) is 2. The number of allylic oxidation sites excluding steroid dienone is 1. The van der Waals surface area contributed by atoms with Crippen LogP contribution >= 0.6 is 7.82 Å². The van der Waals surface area contributed by atoms with E-state index in [9.17, 15) is 19.4 Å². The Morgan fingerprint density at radius 2 is 0.947 bits per heavy atom. The summed E-state index contributed by atoms with van der Waals surface area (Å²) in [6, 6.07) is -0.878. The molecule has 9 heteroatoms. The minimum absolute atomic E-state index is 0.00163. The van der Waals surface area contributed by atoms with Crippen molar-refractivity contribution in [3.05, 3.63) is 12.2 Å². The van der Waals surface area contributed by atoms with Crippen molar-refractivity contribution in [3.8, 4) is 0 Å². The summed E-state index contributed by atoms with van der Waals surface area (Å²) in [5, 5.41) is 13.7. The van der Waals surface area contributed by atoms with E-state index in [1.54, 1.807) is 6.08 Å². The number of unbranched alkanes of at least 4 members (excludes halogenated alkanes) is 32. The fourth-order valence-corrected chi connectivity index (χ4v) is 8.05. The van der Waals surface area contributed by atoms with E-state index in [-0.39, 0.29) is 19.1 Å². The van der Waals surface area contributed by atoms with Gasteiger partial charge in [0.05, 0.1) is 39.9 Å². The topological polar surface area (TPSA) is 108 Å². The van der Waals surface area contributed by atoms with Gasteiger partial charge in [0.2, 0.25) is 5.91 Å². The van der Waals surface area contributed by atoms with Crippen molar-refractivity contribution < 1.29 is 32.9 Å². The number of likely N-dealkylation sites (N-methyl/N-ethyl adjacent to an activating group) is 1. The molecular formula is C48H97N2O6P. The van der Waals surface area contributed by atoms with Crippen LogP contribution in [0.25, 0.3) is 0 Å². The van der Waals surface area contributed by atoms with E-state index < -0.39 is 20.0 Å². The molecule has 57 heavy (non-hydrogen) atoms. The van der Waals surface area contributed by atoms with E-state index in [0.29, 0.717) is 17.4 Å². The lowest BCUT2D eigenvalue weighted by molar-refractivity contribution is -0.870. The highest BCUT2D eigenvalue weighted by molar-refractivity contribution is 7.45. The van der Waals surface area contributed by atoms with Crippen LogP contribution < -0.4 is 10.2 Å². The number of nitrogens with one attached hydrogen (secondary N) is 1. The molecule has 3 unspecified atom stereocenters. The Kier molecular flexibility index (Phi) is 40.1. The first-order valence-electron chi connectivity index (χ1n) is 24.6. The van der Waals surface area contributed by atoms with Crippen LogP contribution in [-0.4, -0.2) is 68.5 Å². The lowest BCUT2D eigenvalue weighted by Crippen LogP contribution is -2.45. The number of aliphatic hydroxyl groups excluding tert-OH is 1. The predicted molar refractivity (Wildman–Crippen MR) is 242 cm³/mol. The van der Waals surface area contributed by atoms with Crippen molar-refractivity contribution in [1.82, 2.24) is 5.32 Å². The average Bonchev–Trinajstić information content (AvgIpc) is 3.16. The van der Waals surface area contributed by atoms with Crippen LogP contribution in [0.3, 0.4) is 0 Å². The molecule has 0 rings (SSSR count). The molecule has 0 saturated carbocycles. The first kappa shape index (κ1) is 56.2. The third-order valence-electron chi connectivity index (χ3n) is 11.2. The third-order valence-corrected chi connectivity index (χ3v) is 12.2. The summed E-state index contributed by atoms with van der Waals surface area (Å²) in [6.45, 7) is 4.61. The van der Waals surface area contributed by atoms with E-state index in [1.807, 2.05) is 27.2 Å². The standard InChI is InChI=1S/C48H97N2O6P/c1-6-8-10-12-14-15-16-17-18-19-20-21-22-23-24-25-26-27-28-29-30-31-32-33-34-36-37-39-41-47(51)46(45-56-57(53,54)55-44-43-50(3,4)5)49-48(52)42-40-38-35-13-11-9-7-2/h39,41,46-47,51H,6-38,40,42-45H2,1-5H3,(H-,49,52,53,54)/b41-39+. The zero-order chi connectivity index (χ0) is 42.1. The molecule has 0 aliphatic carbocycles. The van der Waals surface area contributed by atoms with E-state index >= 15 is 0 Å². The fourth-order valence-electron chi connectivity index (χ4n) is 7.33. The van der Waals surface area contributed by atoms with Gasteiger partial charge in [0.15, 0.2) is 0 Å². The maximum Gasteiger partial charge on any atom is 0.268 e. The number of quaternary nitrogens is 1.